The van der Waals surface area contributed by atoms with Gasteiger partial charge in [0.05, 0.1) is 6.04 Å². The van der Waals surface area contributed by atoms with Gasteiger partial charge in [-0.05, 0) is 38.0 Å². The zero-order valence-corrected chi connectivity index (χ0v) is 14.4. The van der Waals surface area contributed by atoms with E-state index in [1.165, 1.54) is 18.5 Å². The molecule has 0 aliphatic rings. The molecule has 1 aromatic heterocycles. The number of imidazole rings is 1. The van der Waals surface area contributed by atoms with Gasteiger partial charge in [0.25, 0.3) is 0 Å². The van der Waals surface area contributed by atoms with Gasteiger partial charge < -0.3 is 10.6 Å². The molecule has 0 bridgehead atoms. The molecule has 0 aliphatic heterocycles. The Kier molecular flexibility index (Phi) is 6.44. The Morgan fingerprint density at radius 2 is 2.12 bits per heavy atom. The summed E-state index contributed by atoms with van der Waals surface area (Å²) in [5.74, 6) is 0.341. The average molecular weight is 353 g/mol. The van der Waals surface area contributed by atoms with Crippen LogP contribution < -0.4 is 10.6 Å². The second kappa shape index (κ2) is 8.55. The summed E-state index contributed by atoms with van der Waals surface area (Å²) in [7, 11) is 0. The summed E-state index contributed by atoms with van der Waals surface area (Å²) in [6.45, 7) is 3.42. The molecule has 8 heteroatoms. The molecule has 136 valence electrons. The van der Waals surface area contributed by atoms with E-state index in [2.05, 4.69) is 20.6 Å². The van der Waals surface area contributed by atoms with Gasteiger partial charge in [-0.3, -0.25) is 4.57 Å². The Morgan fingerprint density at radius 1 is 1.36 bits per heavy atom. The van der Waals surface area contributed by atoms with E-state index in [1.54, 1.807) is 13.0 Å². The van der Waals surface area contributed by atoms with Crippen molar-refractivity contribution in [2.75, 3.05) is 6.54 Å². The van der Waals surface area contributed by atoms with Crippen molar-refractivity contribution in [1.82, 2.24) is 20.2 Å². The highest BCUT2D eigenvalue weighted by Gasteiger charge is 2.12. The summed E-state index contributed by atoms with van der Waals surface area (Å²) in [6.07, 6.45) is 2.53. The van der Waals surface area contributed by atoms with Crippen LogP contribution >= 0.6 is 0 Å². The summed E-state index contributed by atoms with van der Waals surface area (Å²) in [6, 6.07) is 4.82. The molecule has 0 saturated carbocycles. The Hall–Kier alpha value is -2.51. The van der Waals surface area contributed by atoms with Crippen molar-refractivity contribution in [3.63, 3.8) is 0 Å². The van der Waals surface area contributed by atoms with Gasteiger partial charge in [0.2, 0.25) is 0 Å². The first kappa shape index (κ1) is 18.8. The van der Waals surface area contributed by atoms with Crippen molar-refractivity contribution < 1.29 is 13.2 Å². The van der Waals surface area contributed by atoms with Crippen LogP contribution in [0.3, 0.4) is 0 Å². The lowest BCUT2D eigenvalue weighted by Crippen LogP contribution is -2.38. The molecule has 2 rings (SSSR count). The minimum absolute atomic E-state index is 0.00164. The maximum Gasteiger partial charge on any atom is 0.319 e. The van der Waals surface area contributed by atoms with E-state index in [-0.39, 0.29) is 24.2 Å². The molecule has 0 saturated heterocycles. The Morgan fingerprint density at radius 3 is 2.76 bits per heavy atom. The van der Waals surface area contributed by atoms with Crippen molar-refractivity contribution in [1.29, 1.82) is 0 Å². The average Bonchev–Trinajstić information content (AvgIpc) is 3.04. The van der Waals surface area contributed by atoms with Crippen LogP contribution in [0.1, 0.15) is 43.4 Å². The number of halogens is 3. The topological polar surface area (TPSA) is 54.2 Å². The maximum absolute atomic E-state index is 13.7. The number of benzene rings is 1. The van der Waals surface area contributed by atoms with Crippen molar-refractivity contribution in [3.8, 4) is 0 Å². The lowest BCUT2D eigenvalue weighted by molar-refractivity contribution is 0.0671. The van der Waals surface area contributed by atoms with Crippen LogP contribution in [-0.2, 0) is 6.54 Å². The second-order valence-corrected chi connectivity index (χ2v) is 5.60. The van der Waals surface area contributed by atoms with E-state index in [4.69, 9.17) is 0 Å². The van der Waals surface area contributed by atoms with Gasteiger partial charge in [-0.15, -0.1) is 0 Å². The highest BCUT2D eigenvalue weighted by atomic mass is 19.3. The lowest BCUT2D eigenvalue weighted by atomic mass is 10.1. The van der Waals surface area contributed by atoms with Gasteiger partial charge in [-0.25, -0.2) is 14.4 Å². The first-order chi connectivity index (χ1) is 11.9. The van der Waals surface area contributed by atoms with Crippen LogP contribution in [0.25, 0.3) is 0 Å². The Balaban J connectivity index is 2.11. The number of nitrogens with zero attached hydrogens (tertiary/aromatic N) is 3. The molecule has 25 heavy (non-hydrogen) atoms. The van der Waals surface area contributed by atoms with Crippen LogP contribution in [-0.4, -0.2) is 22.1 Å². The number of aryl methyl sites for hydroxylation is 1. The minimum atomic E-state index is -2.65. The second-order valence-electron chi connectivity index (χ2n) is 5.60. The minimum Gasteiger partial charge on any atom is -0.357 e. The Bertz CT molecular complexity index is 727. The number of guanidine groups is 1. The van der Waals surface area contributed by atoms with E-state index < -0.39 is 6.55 Å². The van der Waals surface area contributed by atoms with Crippen molar-refractivity contribution in [2.24, 2.45) is 4.99 Å². The SMILES string of the molecule is CCNC(=NCc1nccn1C(F)F)NC(C)c1ccc(C)c(F)c1. The molecule has 2 N–H and O–H groups in total. The van der Waals surface area contributed by atoms with Crippen molar-refractivity contribution in [2.45, 2.75) is 39.9 Å². The van der Waals surface area contributed by atoms with Crippen molar-refractivity contribution in [3.05, 3.63) is 53.4 Å². The number of hydrogen-bond donors (Lipinski definition) is 2. The van der Waals surface area contributed by atoms with Crippen LogP contribution in [0.2, 0.25) is 0 Å². The summed E-state index contributed by atoms with van der Waals surface area (Å²) < 4.78 is 40.2. The quantitative estimate of drug-likeness (QED) is 0.617. The van der Waals surface area contributed by atoms with Gasteiger partial charge in [0.15, 0.2) is 5.96 Å². The van der Waals surface area contributed by atoms with Gasteiger partial charge >= 0.3 is 6.55 Å². The third-order valence-corrected chi connectivity index (χ3v) is 3.73. The van der Waals surface area contributed by atoms with Crippen LogP contribution in [0, 0.1) is 12.7 Å². The molecular weight excluding hydrogens is 331 g/mol. The highest BCUT2D eigenvalue weighted by Crippen LogP contribution is 2.16. The number of aromatic nitrogens is 2. The predicted molar refractivity (Wildman–Crippen MR) is 91.0 cm³/mol. The zero-order valence-electron chi connectivity index (χ0n) is 14.4. The van der Waals surface area contributed by atoms with E-state index in [9.17, 15) is 13.2 Å². The lowest BCUT2D eigenvalue weighted by Gasteiger charge is -2.18. The summed E-state index contributed by atoms with van der Waals surface area (Å²) in [4.78, 5) is 8.19. The maximum atomic E-state index is 13.7. The van der Waals surface area contributed by atoms with Crippen molar-refractivity contribution >= 4 is 5.96 Å². The van der Waals surface area contributed by atoms with Crippen LogP contribution in [0.15, 0.2) is 35.6 Å². The molecule has 0 amide bonds. The van der Waals surface area contributed by atoms with Gasteiger partial charge in [-0.1, -0.05) is 12.1 Å². The first-order valence-electron chi connectivity index (χ1n) is 8.03. The molecule has 0 spiro atoms. The number of alkyl halides is 2. The van der Waals surface area contributed by atoms with Crippen LogP contribution in [0.4, 0.5) is 13.2 Å². The third-order valence-electron chi connectivity index (χ3n) is 3.73. The summed E-state index contributed by atoms with van der Waals surface area (Å²) in [5, 5.41) is 6.18. The first-order valence-corrected chi connectivity index (χ1v) is 8.03. The fourth-order valence-corrected chi connectivity index (χ4v) is 2.28. The molecular formula is C17H22F3N5. The van der Waals surface area contributed by atoms with Gasteiger partial charge in [-0.2, -0.15) is 8.78 Å². The number of rotatable bonds is 6. The molecule has 0 aliphatic carbocycles. The smallest absolute Gasteiger partial charge is 0.319 e. The summed E-state index contributed by atoms with van der Waals surface area (Å²) in [5.41, 5.74) is 1.35. The Labute approximate surface area is 145 Å². The number of nitrogens with one attached hydrogen (secondary N) is 2. The van der Waals surface area contributed by atoms with E-state index in [1.807, 2.05) is 19.9 Å². The molecule has 2 aromatic rings. The molecule has 5 nitrogen and oxygen atoms in total. The number of hydrogen-bond acceptors (Lipinski definition) is 2. The van der Waals surface area contributed by atoms with E-state index in [0.29, 0.717) is 18.1 Å². The largest absolute Gasteiger partial charge is 0.357 e. The fourth-order valence-electron chi connectivity index (χ4n) is 2.28. The predicted octanol–water partition coefficient (Wildman–Crippen LogP) is 3.54. The standard InChI is InChI=1S/C17H22F3N5/c1-4-21-17(23-10-15-22-7-8-25(15)16(19)20)24-12(3)13-6-5-11(2)14(18)9-13/h5-9,12,16H,4,10H2,1-3H3,(H2,21,23,24). The molecule has 0 fully saturated rings. The highest BCUT2D eigenvalue weighted by molar-refractivity contribution is 5.80. The van der Waals surface area contributed by atoms with E-state index >= 15 is 0 Å². The molecule has 1 aromatic carbocycles. The molecule has 1 heterocycles. The molecule has 1 unspecified atom stereocenters. The zero-order chi connectivity index (χ0) is 18.4. The molecule has 1 atom stereocenters. The molecule has 0 radical (unpaired) electrons. The third kappa shape index (κ3) is 4.98. The van der Waals surface area contributed by atoms with E-state index in [0.717, 1.165) is 10.1 Å². The van der Waals surface area contributed by atoms with Gasteiger partial charge in [0, 0.05) is 18.9 Å². The number of aliphatic imine (C=N–C) groups is 1. The normalized spacial score (nSPS) is 13.2. The van der Waals surface area contributed by atoms with Crippen LogP contribution in [0.5, 0.6) is 0 Å². The monoisotopic (exact) mass is 353 g/mol. The van der Waals surface area contributed by atoms with Gasteiger partial charge in [0.1, 0.15) is 18.2 Å². The summed E-state index contributed by atoms with van der Waals surface area (Å²) >= 11 is 0. The fraction of sp³-hybridized carbons (Fsp3) is 0.412.